The van der Waals surface area contributed by atoms with Crippen LogP contribution in [0.25, 0.3) is 6.08 Å². The number of ketones is 1. The highest BCUT2D eigenvalue weighted by molar-refractivity contribution is 6.32. The Labute approximate surface area is 144 Å². The van der Waals surface area contributed by atoms with Crippen LogP contribution in [0.3, 0.4) is 0 Å². The van der Waals surface area contributed by atoms with Crippen LogP contribution in [0.1, 0.15) is 15.9 Å². The number of amides is 1. The van der Waals surface area contributed by atoms with Crippen molar-refractivity contribution in [3.8, 4) is 11.5 Å². The zero-order valence-electron chi connectivity index (χ0n) is 13.1. The third kappa shape index (κ3) is 3.12. The summed E-state index contributed by atoms with van der Waals surface area (Å²) in [6.07, 6.45) is 1.09. The van der Waals surface area contributed by atoms with Gasteiger partial charge in [-0.3, -0.25) is 4.79 Å². The monoisotopic (exact) mass is 343 g/mol. The van der Waals surface area contributed by atoms with Gasteiger partial charge in [0.25, 0.3) is 0 Å². The molecule has 1 heterocycles. The van der Waals surface area contributed by atoms with Crippen molar-refractivity contribution in [2.75, 3.05) is 14.1 Å². The maximum atomic E-state index is 12.4. The molecule has 1 aliphatic rings. The number of rotatable bonds is 2. The lowest BCUT2D eigenvalue weighted by atomic mass is 10.1. The van der Waals surface area contributed by atoms with Gasteiger partial charge in [-0.15, -0.1) is 0 Å². The topological polar surface area (TPSA) is 55.8 Å². The molecule has 0 radical (unpaired) electrons. The molecule has 1 amide bonds. The summed E-state index contributed by atoms with van der Waals surface area (Å²) in [5.74, 6) is 0.589. The van der Waals surface area contributed by atoms with Crippen molar-refractivity contribution in [1.82, 2.24) is 4.90 Å². The van der Waals surface area contributed by atoms with Crippen molar-refractivity contribution >= 4 is 29.6 Å². The molecule has 1 aliphatic heterocycles. The van der Waals surface area contributed by atoms with E-state index in [1.165, 1.54) is 11.0 Å². The second-order valence-electron chi connectivity index (χ2n) is 5.38. The second kappa shape index (κ2) is 6.37. The number of nitrogens with zero attached hydrogens (tertiary/aromatic N) is 1. The van der Waals surface area contributed by atoms with Gasteiger partial charge in [0.1, 0.15) is 11.5 Å². The SMILES string of the molecule is CN(C)C(=O)Oc1ccc2c(c1)OC(=Cc1ccccc1Cl)C2=O. The van der Waals surface area contributed by atoms with Crippen molar-refractivity contribution in [3.63, 3.8) is 0 Å². The minimum absolute atomic E-state index is 0.175. The Hall–Kier alpha value is -2.79. The molecule has 0 atom stereocenters. The summed E-state index contributed by atoms with van der Waals surface area (Å²) in [7, 11) is 3.17. The van der Waals surface area contributed by atoms with Crippen LogP contribution in [0.2, 0.25) is 5.02 Å². The van der Waals surface area contributed by atoms with Gasteiger partial charge in [-0.2, -0.15) is 0 Å². The van der Waals surface area contributed by atoms with Crippen LogP contribution in [0.4, 0.5) is 4.79 Å². The molecule has 2 aromatic carbocycles. The third-order valence-electron chi connectivity index (χ3n) is 3.40. The van der Waals surface area contributed by atoms with Crippen LogP contribution in [-0.4, -0.2) is 30.9 Å². The lowest BCUT2D eigenvalue weighted by Gasteiger charge is -2.10. The average Bonchev–Trinajstić information content (AvgIpc) is 2.85. The second-order valence-corrected chi connectivity index (χ2v) is 5.79. The molecule has 0 fully saturated rings. The quantitative estimate of drug-likeness (QED) is 0.773. The van der Waals surface area contributed by atoms with E-state index in [-0.39, 0.29) is 11.5 Å². The Morgan fingerprint density at radius 2 is 1.96 bits per heavy atom. The first-order chi connectivity index (χ1) is 11.5. The predicted molar refractivity (Wildman–Crippen MR) is 90.5 cm³/mol. The Balaban J connectivity index is 1.88. The van der Waals surface area contributed by atoms with E-state index < -0.39 is 6.09 Å². The number of halogens is 1. The third-order valence-corrected chi connectivity index (χ3v) is 3.75. The van der Waals surface area contributed by atoms with E-state index in [2.05, 4.69) is 0 Å². The van der Waals surface area contributed by atoms with Crippen LogP contribution >= 0.6 is 11.6 Å². The number of carbonyl (C=O) groups is 2. The fourth-order valence-electron chi connectivity index (χ4n) is 2.16. The van der Waals surface area contributed by atoms with E-state index in [0.29, 0.717) is 27.6 Å². The first kappa shape index (κ1) is 16.1. The number of benzene rings is 2. The summed E-state index contributed by atoms with van der Waals surface area (Å²) in [6, 6.07) is 11.8. The van der Waals surface area contributed by atoms with Gasteiger partial charge in [0.2, 0.25) is 5.78 Å². The Bertz CT molecular complexity index is 858. The van der Waals surface area contributed by atoms with Crippen molar-refractivity contribution in [2.24, 2.45) is 0 Å². The molecule has 3 rings (SSSR count). The summed E-state index contributed by atoms with van der Waals surface area (Å²) >= 11 is 6.10. The van der Waals surface area contributed by atoms with E-state index in [4.69, 9.17) is 21.1 Å². The highest BCUT2D eigenvalue weighted by Crippen LogP contribution is 2.35. The molecule has 0 unspecified atom stereocenters. The molecule has 24 heavy (non-hydrogen) atoms. The number of Topliss-reactive ketones (excluding diaryl/α,β-unsaturated/α-hetero) is 1. The normalized spacial score (nSPS) is 14.3. The number of hydrogen-bond acceptors (Lipinski definition) is 4. The first-order valence-corrected chi connectivity index (χ1v) is 7.55. The van der Waals surface area contributed by atoms with E-state index in [1.807, 2.05) is 12.1 Å². The van der Waals surface area contributed by atoms with Crippen molar-refractivity contribution in [3.05, 3.63) is 64.4 Å². The molecule has 0 spiro atoms. The summed E-state index contributed by atoms with van der Waals surface area (Å²) in [5.41, 5.74) is 1.10. The fourth-order valence-corrected chi connectivity index (χ4v) is 2.35. The lowest BCUT2D eigenvalue weighted by molar-refractivity contribution is 0.101. The molecular weight excluding hydrogens is 330 g/mol. The maximum Gasteiger partial charge on any atom is 0.414 e. The molecule has 0 bridgehead atoms. The number of ether oxygens (including phenoxy) is 2. The molecule has 5 nitrogen and oxygen atoms in total. The van der Waals surface area contributed by atoms with Crippen molar-refractivity contribution < 1.29 is 19.1 Å². The predicted octanol–water partition coefficient (Wildman–Crippen LogP) is 4.02. The zero-order valence-corrected chi connectivity index (χ0v) is 13.8. The molecule has 122 valence electrons. The van der Waals surface area contributed by atoms with Gasteiger partial charge < -0.3 is 14.4 Å². The van der Waals surface area contributed by atoms with Crippen molar-refractivity contribution in [1.29, 1.82) is 0 Å². The van der Waals surface area contributed by atoms with Crippen LogP contribution in [0.5, 0.6) is 11.5 Å². The van der Waals surface area contributed by atoms with Crippen LogP contribution in [0, 0.1) is 0 Å². The van der Waals surface area contributed by atoms with Gasteiger partial charge in [-0.25, -0.2) is 4.79 Å². The van der Waals surface area contributed by atoms with Gasteiger partial charge in [0, 0.05) is 25.2 Å². The van der Waals surface area contributed by atoms with E-state index >= 15 is 0 Å². The molecule has 2 aromatic rings. The highest BCUT2D eigenvalue weighted by Gasteiger charge is 2.28. The Morgan fingerprint density at radius 1 is 1.21 bits per heavy atom. The average molecular weight is 344 g/mol. The molecule has 0 aromatic heterocycles. The number of hydrogen-bond donors (Lipinski definition) is 0. The molecule has 6 heteroatoms. The number of carbonyl (C=O) groups excluding carboxylic acids is 2. The molecule has 0 saturated carbocycles. The van der Waals surface area contributed by atoms with E-state index in [1.54, 1.807) is 44.4 Å². The molecule has 0 N–H and O–H groups in total. The standard InChI is InChI=1S/C18H14ClNO4/c1-20(2)18(22)23-12-7-8-13-15(10-12)24-16(17(13)21)9-11-5-3-4-6-14(11)19/h3-10H,1-2H3. The van der Waals surface area contributed by atoms with Crippen molar-refractivity contribution in [2.45, 2.75) is 0 Å². The van der Waals surface area contributed by atoms with Gasteiger partial charge in [0.15, 0.2) is 5.76 Å². The minimum Gasteiger partial charge on any atom is -0.452 e. The largest absolute Gasteiger partial charge is 0.452 e. The molecule has 0 aliphatic carbocycles. The van der Waals surface area contributed by atoms with E-state index in [0.717, 1.165) is 0 Å². The fraction of sp³-hybridized carbons (Fsp3) is 0.111. The zero-order chi connectivity index (χ0) is 17.3. The van der Waals surface area contributed by atoms with Gasteiger partial charge in [-0.05, 0) is 29.8 Å². The molecule has 0 saturated heterocycles. The summed E-state index contributed by atoms with van der Waals surface area (Å²) in [5, 5.41) is 0.526. The minimum atomic E-state index is -0.508. The number of allylic oxidation sites excluding steroid dienone is 1. The summed E-state index contributed by atoms with van der Waals surface area (Å²) in [6.45, 7) is 0. The smallest absolute Gasteiger partial charge is 0.414 e. The van der Waals surface area contributed by atoms with Gasteiger partial charge >= 0.3 is 6.09 Å². The van der Waals surface area contributed by atoms with E-state index in [9.17, 15) is 9.59 Å². The maximum absolute atomic E-state index is 12.4. The van der Waals surface area contributed by atoms with Crippen LogP contribution in [-0.2, 0) is 0 Å². The molecular formula is C18H14ClNO4. The lowest BCUT2D eigenvalue weighted by Crippen LogP contribution is -2.25. The van der Waals surface area contributed by atoms with Crippen LogP contribution < -0.4 is 9.47 Å². The summed E-state index contributed by atoms with van der Waals surface area (Å²) < 4.78 is 10.8. The van der Waals surface area contributed by atoms with Gasteiger partial charge in [-0.1, -0.05) is 29.8 Å². The Morgan fingerprint density at radius 3 is 2.67 bits per heavy atom. The summed E-state index contributed by atoms with van der Waals surface area (Å²) in [4.78, 5) is 25.3. The highest BCUT2D eigenvalue weighted by atomic mass is 35.5. The first-order valence-electron chi connectivity index (χ1n) is 7.17. The number of fused-ring (bicyclic) bond motifs is 1. The van der Waals surface area contributed by atoms with Gasteiger partial charge in [0.05, 0.1) is 5.56 Å². The Kier molecular flexibility index (Phi) is 4.27. The van der Waals surface area contributed by atoms with Crippen LogP contribution in [0.15, 0.2) is 48.2 Å².